The van der Waals surface area contributed by atoms with E-state index in [4.69, 9.17) is 0 Å². The number of benzene rings is 1. The molecule has 2 rings (SSSR count). The number of hydrogen-bond acceptors (Lipinski definition) is 2. The first-order valence-corrected chi connectivity index (χ1v) is 7.02. The van der Waals surface area contributed by atoms with Crippen molar-refractivity contribution in [2.75, 3.05) is 18.0 Å². The topological polar surface area (TPSA) is 15.3 Å². The van der Waals surface area contributed by atoms with E-state index in [1.807, 2.05) is 0 Å². The highest BCUT2D eigenvalue weighted by molar-refractivity contribution is 5.56. The van der Waals surface area contributed by atoms with Crippen LogP contribution in [0.3, 0.4) is 0 Å². The molecule has 1 atom stereocenters. The summed E-state index contributed by atoms with van der Waals surface area (Å²) in [6.45, 7) is 13.4. The Morgan fingerprint density at radius 3 is 2.72 bits per heavy atom. The highest BCUT2D eigenvalue weighted by atomic mass is 15.3. The zero-order chi connectivity index (χ0) is 13.3. The highest BCUT2D eigenvalue weighted by Crippen LogP contribution is 2.28. The van der Waals surface area contributed by atoms with Gasteiger partial charge in [0.1, 0.15) is 0 Å². The first kappa shape index (κ1) is 13.4. The van der Waals surface area contributed by atoms with Crippen molar-refractivity contribution in [3.8, 4) is 0 Å². The third-order valence-corrected chi connectivity index (χ3v) is 3.97. The number of anilines is 1. The summed E-state index contributed by atoms with van der Waals surface area (Å²) in [6.07, 6.45) is 1.19. The zero-order valence-electron chi connectivity index (χ0n) is 12.4. The molecule has 1 saturated heterocycles. The van der Waals surface area contributed by atoms with Crippen LogP contribution >= 0.6 is 0 Å². The number of nitrogens with zero attached hydrogens (tertiary/aromatic N) is 1. The summed E-state index contributed by atoms with van der Waals surface area (Å²) in [5, 5.41) is 3.65. The molecule has 1 unspecified atom stereocenters. The lowest BCUT2D eigenvalue weighted by Gasteiger charge is -2.46. The second-order valence-electron chi connectivity index (χ2n) is 6.24. The van der Waals surface area contributed by atoms with Crippen molar-refractivity contribution >= 4 is 5.69 Å². The minimum absolute atomic E-state index is 0.196. The lowest BCUT2D eigenvalue weighted by atomic mass is 9.95. The van der Waals surface area contributed by atoms with E-state index in [-0.39, 0.29) is 5.54 Å². The van der Waals surface area contributed by atoms with Crippen LogP contribution in [0.4, 0.5) is 5.69 Å². The zero-order valence-corrected chi connectivity index (χ0v) is 12.4. The van der Waals surface area contributed by atoms with Crippen molar-refractivity contribution < 1.29 is 0 Å². The second-order valence-corrected chi connectivity index (χ2v) is 6.24. The molecule has 0 bridgehead atoms. The molecule has 1 aliphatic heterocycles. The summed E-state index contributed by atoms with van der Waals surface area (Å²) in [6, 6.07) is 7.39. The minimum Gasteiger partial charge on any atom is -0.365 e. The van der Waals surface area contributed by atoms with Crippen molar-refractivity contribution in [1.29, 1.82) is 0 Å². The second kappa shape index (κ2) is 4.93. The Balaban J connectivity index is 2.35. The van der Waals surface area contributed by atoms with E-state index in [9.17, 15) is 0 Å². The van der Waals surface area contributed by atoms with Crippen LogP contribution in [0.5, 0.6) is 0 Å². The van der Waals surface area contributed by atoms with Gasteiger partial charge in [0.2, 0.25) is 0 Å². The summed E-state index contributed by atoms with van der Waals surface area (Å²) in [5.74, 6) is 0. The Morgan fingerprint density at radius 1 is 1.33 bits per heavy atom. The van der Waals surface area contributed by atoms with Gasteiger partial charge < -0.3 is 10.2 Å². The molecule has 1 fully saturated rings. The molecule has 1 heterocycles. The molecule has 0 amide bonds. The minimum atomic E-state index is 0.196. The summed E-state index contributed by atoms with van der Waals surface area (Å²) >= 11 is 0. The smallest absolute Gasteiger partial charge is 0.0413 e. The maximum absolute atomic E-state index is 3.65. The third kappa shape index (κ3) is 2.69. The number of rotatable bonds is 2. The van der Waals surface area contributed by atoms with E-state index < -0.39 is 0 Å². The van der Waals surface area contributed by atoms with Gasteiger partial charge in [-0.05, 0) is 51.3 Å². The molecule has 0 radical (unpaired) electrons. The van der Waals surface area contributed by atoms with E-state index in [0.717, 1.165) is 13.1 Å². The average Bonchev–Trinajstić information content (AvgIpc) is 2.31. The Bertz CT molecular complexity index is 423. The monoisotopic (exact) mass is 246 g/mol. The molecule has 2 nitrogen and oxygen atoms in total. The van der Waals surface area contributed by atoms with E-state index in [2.05, 4.69) is 63.0 Å². The van der Waals surface area contributed by atoms with Gasteiger partial charge in [0.15, 0.2) is 0 Å². The van der Waals surface area contributed by atoms with E-state index >= 15 is 0 Å². The maximum Gasteiger partial charge on any atom is 0.0413 e. The molecule has 1 aromatic carbocycles. The van der Waals surface area contributed by atoms with Crippen LogP contribution in [0.1, 0.15) is 38.3 Å². The van der Waals surface area contributed by atoms with E-state index in [1.54, 1.807) is 0 Å². The van der Waals surface area contributed by atoms with Crippen LogP contribution in [0, 0.1) is 13.8 Å². The van der Waals surface area contributed by atoms with Crippen LogP contribution < -0.4 is 10.2 Å². The largest absolute Gasteiger partial charge is 0.365 e. The molecule has 0 spiro atoms. The fourth-order valence-electron chi connectivity index (χ4n) is 2.79. The van der Waals surface area contributed by atoms with Crippen molar-refractivity contribution in [2.45, 2.75) is 52.6 Å². The summed E-state index contributed by atoms with van der Waals surface area (Å²) in [5.41, 5.74) is 4.34. The van der Waals surface area contributed by atoms with Gasteiger partial charge in [-0.25, -0.2) is 0 Å². The molecular formula is C16H26N2. The molecule has 2 heteroatoms. The van der Waals surface area contributed by atoms with Gasteiger partial charge in [-0.1, -0.05) is 19.1 Å². The number of piperazine rings is 1. The predicted octanol–water partition coefficient (Wildman–Crippen LogP) is 3.27. The highest BCUT2D eigenvalue weighted by Gasteiger charge is 2.32. The first-order chi connectivity index (χ1) is 8.43. The normalized spacial score (nSPS) is 23.2. The fraction of sp³-hybridized carbons (Fsp3) is 0.625. The Morgan fingerprint density at radius 2 is 2.06 bits per heavy atom. The standard InChI is InChI=1S/C16H26N2/c1-6-14-10-17-16(4,5)11-18(14)15-9-12(2)7-8-13(15)3/h7-9,14,17H,6,10-11H2,1-5H3. The molecule has 0 aliphatic carbocycles. The number of hydrogen-bond donors (Lipinski definition) is 1. The average molecular weight is 246 g/mol. The molecule has 1 N–H and O–H groups in total. The molecular weight excluding hydrogens is 220 g/mol. The molecule has 18 heavy (non-hydrogen) atoms. The molecule has 1 aliphatic rings. The van der Waals surface area contributed by atoms with Crippen molar-refractivity contribution in [3.63, 3.8) is 0 Å². The van der Waals surface area contributed by atoms with Gasteiger partial charge in [-0.3, -0.25) is 0 Å². The van der Waals surface area contributed by atoms with Gasteiger partial charge >= 0.3 is 0 Å². The van der Waals surface area contributed by atoms with Crippen LogP contribution in [-0.2, 0) is 0 Å². The van der Waals surface area contributed by atoms with Crippen molar-refractivity contribution in [1.82, 2.24) is 5.32 Å². The molecule has 100 valence electrons. The summed E-state index contributed by atoms with van der Waals surface area (Å²) in [7, 11) is 0. The predicted molar refractivity (Wildman–Crippen MR) is 79.4 cm³/mol. The van der Waals surface area contributed by atoms with Gasteiger partial charge in [0, 0.05) is 30.4 Å². The maximum atomic E-state index is 3.65. The van der Waals surface area contributed by atoms with Crippen LogP contribution in [0.15, 0.2) is 18.2 Å². The van der Waals surface area contributed by atoms with Gasteiger partial charge in [-0.2, -0.15) is 0 Å². The summed E-state index contributed by atoms with van der Waals surface area (Å²) in [4.78, 5) is 2.60. The van der Waals surface area contributed by atoms with Crippen molar-refractivity contribution in [3.05, 3.63) is 29.3 Å². The Kier molecular flexibility index (Phi) is 3.67. The molecule has 0 aromatic heterocycles. The lowest BCUT2D eigenvalue weighted by molar-refractivity contribution is 0.306. The number of nitrogens with one attached hydrogen (secondary N) is 1. The lowest BCUT2D eigenvalue weighted by Crippen LogP contribution is -2.61. The van der Waals surface area contributed by atoms with Gasteiger partial charge in [-0.15, -0.1) is 0 Å². The van der Waals surface area contributed by atoms with E-state index in [1.165, 1.54) is 23.2 Å². The van der Waals surface area contributed by atoms with Crippen LogP contribution in [-0.4, -0.2) is 24.7 Å². The SMILES string of the molecule is CCC1CNC(C)(C)CN1c1cc(C)ccc1C. The fourth-order valence-corrected chi connectivity index (χ4v) is 2.79. The number of aryl methyl sites for hydroxylation is 2. The van der Waals surface area contributed by atoms with E-state index in [0.29, 0.717) is 6.04 Å². The van der Waals surface area contributed by atoms with Crippen LogP contribution in [0.2, 0.25) is 0 Å². The van der Waals surface area contributed by atoms with Gasteiger partial charge in [0.25, 0.3) is 0 Å². The third-order valence-electron chi connectivity index (χ3n) is 3.97. The Labute approximate surface area is 111 Å². The first-order valence-electron chi connectivity index (χ1n) is 7.02. The quantitative estimate of drug-likeness (QED) is 0.861. The molecule has 0 saturated carbocycles. The van der Waals surface area contributed by atoms with Crippen molar-refractivity contribution in [2.24, 2.45) is 0 Å². The summed E-state index contributed by atoms with van der Waals surface area (Å²) < 4.78 is 0. The molecule has 1 aromatic rings. The van der Waals surface area contributed by atoms with Crippen LogP contribution in [0.25, 0.3) is 0 Å². The van der Waals surface area contributed by atoms with Gasteiger partial charge in [0.05, 0.1) is 0 Å². The Hall–Kier alpha value is -1.02.